The number of aromatic nitrogens is 1. The Morgan fingerprint density at radius 2 is 2.33 bits per heavy atom. The molecule has 1 aromatic heterocycles. The second kappa shape index (κ2) is 5.62. The standard InChI is InChI=1S/C13H17N3O2/c1-10-4-3-7-16(9-10)13(18)12(17)15-11-5-2-6-14-8-11/h2,5-6,8,10H,3-4,7,9H2,1H3,(H,15,17). The van der Waals surface area contributed by atoms with E-state index in [1.165, 1.54) is 6.20 Å². The highest BCUT2D eigenvalue weighted by molar-refractivity contribution is 6.39. The van der Waals surface area contributed by atoms with Gasteiger partial charge in [-0.25, -0.2) is 0 Å². The smallest absolute Gasteiger partial charge is 0.313 e. The van der Waals surface area contributed by atoms with Crippen molar-refractivity contribution in [3.05, 3.63) is 24.5 Å². The molecule has 18 heavy (non-hydrogen) atoms. The summed E-state index contributed by atoms with van der Waals surface area (Å²) in [5.41, 5.74) is 0.543. The largest absolute Gasteiger partial charge is 0.334 e. The quantitative estimate of drug-likeness (QED) is 0.760. The van der Waals surface area contributed by atoms with Crippen LogP contribution in [-0.4, -0.2) is 34.8 Å². The van der Waals surface area contributed by atoms with Crippen molar-refractivity contribution >= 4 is 17.5 Å². The van der Waals surface area contributed by atoms with Gasteiger partial charge in [0.15, 0.2) is 0 Å². The average molecular weight is 247 g/mol. The highest BCUT2D eigenvalue weighted by atomic mass is 16.2. The molecule has 0 aromatic carbocycles. The number of carbonyl (C=O) groups is 2. The minimum absolute atomic E-state index is 0.453. The van der Waals surface area contributed by atoms with Gasteiger partial charge in [-0.1, -0.05) is 6.92 Å². The van der Waals surface area contributed by atoms with Crippen molar-refractivity contribution in [3.8, 4) is 0 Å². The fourth-order valence-electron chi connectivity index (χ4n) is 2.14. The molecular formula is C13H17N3O2. The van der Waals surface area contributed by atoms with E-state index in [4.69, 9.17) is 0 Å². The number of piperidine rings is 1. The first kappa shape index (κ1) is 12.5. The molecule has 5 heteroatoms. The van der Waals surface area contributed by atoms with E-state index >= 15 is 0 Å². The molecule has 0 spiro atoms. The molecule has 1 unspecified atom stereocenters. The summed E-state index contributed by atoms with van der Waals surface area (Å²) in [7, 11) is 0. The highest BCUT2D eigenvalue weighted by Gasteiger charge is 2.25. The number of hydrogen-bond acceptors (Lipinski definition) is 3. The summed E-state index contributed by atoms with van der Waals surface area (Å²) in [6, 6.07) is 3.42. The summed E-state index contributed by atoms with van der Waals surface area (Å²) < 4.78 is 0. The maximum absolute atomic E-state index is 11.9. The molecule has 1 fully saturated rings. The lowest BCUT2D eigenvalue weighted by atomic mass is 10.0. The monoisotopic (exact) mass is 247 g/mol. The van der Waals surface area contributed by atoms with Crippen LogP contribution in [0.5, 0.6) is 0 Å². The molecule has 2 heterocycles. The molecule has 2 amide bonds. The maximum Gasteiger partial charge on any atom is 0.313 e. The molecule has 5 nitrogen and oxygen atoms in total. The summed E-state index contributed by atoms with van der Waals surface area (Å²) in [5.74, 6) is -0.573. The van der Waals surface area contributed by atoms with Gasteiger partial charge in [0.1, 0.15) is 0 Å². The van der Waals surface area contributed by atoms with Crippen molar-refractivity contribution in [2.24, 2.45) is 5.92 Å². The molecule has 1 aliphatic heterocycles. The van der Waals surface area contributed by atoms with Gasteiger partial charge in [0.25, 0.3) is 0 Å². The van der Waals surface area contributed by atoms with Crippen LogP contribution in [0.1, 0.15) is 19.8 Å². The van der Waals surface area contributed by atoms with Crippen molar-refractivity contribution in [1.29, 1.82) is 0 Å². The van der Waals surface area contributed by atoms with E-state index in [9.17, 15) is 9.59 Å². The predicted octanol–water partition coefficient (Wildman–Crippen LogP) is 1.28. The van der Waals surface area contributed by atoms with Gasteiger partial charge in [-0.3, -0.25) is 14.6 Å². The van der Waals surface area contributed by atoms with Crippen LogP contribution in [0.3, 0.4) is 0 Å². The lowest BCUT2D eigenvalue weighted by Gasteiger charge is -2.30. The third-order valence-electron chi connectivity index (χ3n) is 3.06. The number of hydrogen-bond donors (Lipinski definition) is 1. The summed E-state index contributed by atoms with van der Waals surface area (Å²) >= 11 is 0. The van der Waals surface area contributed by atoms with Crippen molar-refractivity contribution < 1.29 is 9.59 Å². The fourth-order valence-corrected chi connectivity index (χ4v) is 2.14. The molecule has 1 atom stereocenters. The number of likely N-dealkylation sites (tertiary alicyclic amines) is 1. The number of anilines is 1. The lowest BCUT2D eigenvalue weighted by molar-refractivity contribution is -0.144. The molecule has 0 bridgehead atoms. The Kier molecular flexibility index (Phi) is 3.92. The Morgan fingerprint density at radius 1 is 1.50 bits per heavy atom. The van der Waals surface area contributed by atoms with Gasteiger partial charge >= 0.3 is 11.8 Å². The van der Waals surface area contributed by atoms with Crippen LogP contribution in [0.4, 0.5) is 5.69 Å². The Morgan fingerprint density at radius 3 is 3.00 bits per heavy atom. The zero-order valence-corrected chi connectivity index (χ0v) is 10.4. The average Bonchev–Trinajstić information content (AvgIpc) is 2.39. The normalized spacial score (nSPS) is 19.4. The molecule has 0 radical (unpaired) electrons. The van der Waals surface area contributed by atoms with Gasteiger partial charge in [0, 0.05) is 19.3 Å². The van der Waals surface area contributed by atoms with E-state index in [2.05, 4.69) is 17.2 Å². The molecule has 1 aliphatic rings. The van der Waals surface area contributed by atoms with E-state index < -0.39 is 11.8 Å². The van der Waals surface area contributed by atoms with Crippen molar-refractivity contribution in [2.75, 3.05) is 18.4 Å². The van der Waals surface area contributed by atoms with Crippen LogP contribution in [0, 0.1) is 5.92 Å². The molecule has 0 saturated carbocycles. The molecule has 2 rings (SSSR count). The topological polar surface area (TPSA) is 62.3 Å². The summed E-state index contributed by atoms with van der Waals surface area (Å²) in [6.45, 7) is 3.43. The Balaban J connectivity index is 1.94. The minimum Gasteiger partial charge on any atom is -0.334 e. The predicted molar refractivity (Wildman–Crippen MR) is 67.8 cm³/mol. The number of nitrogens with one attached hydrogen (secondary N) is 1. The number of pyridine rings is 1. The highest BCUT2D eigenvalue weighted by Crippen LogP contribution is 2.15. The van der Waals surface area contributed by atoms with E-state index in [1.807, 2.05) is 0 Å². The summed E-state index contributed by atoms with van der Waals surface area (Å²) in [4.78, 5) is 29.2. The molecule has 1 saturated heterocycles. The lowest BCUT2D eigenvalue weighted by Crippen LogP contribution is -2.44. The summed E-state index contributed by atoms with van der Waals surface area (Å²) in [5, 5.41) is 2.56. The van der Waals surface area contributed by atoms with Crippen LogP contribution in [0.15, 0.2) is 24.5 Å². The zero-order valence-electron chi connectivity index (χ0n) is 10.4. The number of rotatable bonds is 1. The van der Waals surface area contributed by atoms with Crippen LogP contribution in [0.2, 0.25) is 0 Å². The minimum atomic E-state index is -0.586. The van der Waals surface area contributed by atoms with Gasteiger partial charge in [0.2, 0.25) is 0 Å². The van der Waals surface area contributed by atoms with Crippen LogP contribution >= 0.6 is 0 Å². The first-order chi connectivity index (χ1) is 8.66. The molecule has 0 aliphatic carbocycles. The maximum atomic E-state index is 11.9. The molecule has 1 aromatic rings. The Bertz CT molecular complexity index is 433. The number of carbonyl (C=O) groups excluding carboxylic acids is 2. The first-order valence-corrected chi connectivity index (χ1v) is 6.17. The summed E-state index contributed by atoms with van der Waals surface area (Å²) in [6.07, 6.45) is 5.22. The third-order valence-corrected chi connectivity index (χ3v) is 3.06. The SMILES string of the molecule is CC1CCCN(C(=O)C(=O)Nc2cccnc2)C1. The molecule has 96 valence electrons. The van der Waals surface area contributed by atoms with Crippen LogP contribution in [-0.2, 0) is 9.59 Å². The van der Waals surface area contributed by atoms with Gasteiger partial charge in [0.05, 0.1) is 11.9 Å². The molecular weight excluding hydrogens is 230 g/mol. The molecule has 1 N–H and O–H groups in total. The van der Waals surface area contributed by atoms with Gasteiger partial charge in [-0.05, 0) is 30.9 Å². The third kappa shape index (κ3) is 3.06. The van der Waals surface area contributed by atoms with E-state index in [1.54, 1.807) is 23.2 Å². The van der Waals surface area contributed by atoms with Crippen LogP contribution < -0.4 is 5.32 Å². The van der Waals surface area contributed by atoms with Gasteiger partial charge in [-0.15, -0.1) is 0 Å². The number of nitrogens with zero attached hydrogens (tertiary/aromatic N) is 2. The van der Waals surface area contributed by atoms with Crippen molar-refractivity contribution in [1.82, 2.24) is 9.88 Å². The Hall–Kier alpha value is -1.91. The van der Waals surface area contributed by atoms with Crippen molar-refractivity contribution in [3.63, 3.8) is 0 Å². The second-order valence-electron chi connectivity index (χ2n) is 4.69. The van der Waals surface area contributed by atoms with E-state index in [0.29, 0.717) is 24.7 Å². The Labute approximate surface area is 106 Å². The fraction of sp³-hybridized carbons (Fsp3) is 0.462. The zero-order chi connectivity index (χ0) is 13.0. The van der Waals surface area contributed by atoms with Crippen LogP contribution in [0.25, 0.3) is 0 Å². The van der Waals surface area contributed by atoms with E-state index in [0.717, 1.165) is 12.8 Å². The van der Waals surface area contributed by atoms with Crippen molar-refractivity contribution in [2.45, 2.75) is 19.8 Å². The second-order valence-corrected chi connectivity index (χ2v) is 4.69. The number of amides is 2. The first-order valence-electron chi connectivity index (χ1n) is 6.17. The van der Waals surface area contributed by atoms with E-state index in [-0.39, 0.29) is 0 Å². The van der Waals surface area contributed by atoms with Gasteiger partial charge < -0.3 is 10.2 Å². The van der Waals surface area contributed by atoms with Gasteiger partial charge in [-0.2, -0.15) is 0 Å².